The van der Waals surface area contributed by atoms with E-state index in [-0.39, 0.29) is 0 Å². The van der Waals surface area contributed by atoms with Gasteiger partial charge in [0.1, 0.15) is 0 Å². The summed E-state index contributed by atoms with van der Waals surface area (Å²) in [4.78, 5) is 0. The van der Waals surface area contributed by atoms with E-state index in [2.05, 4.69) is 19.6 Å². The third-order valence-electron chi connectivity index (χ3n) is 4.28. The van der Waals surface area contributed by atoms with Crippen LogP contribution in [-0.4, -0.2) is 0 Å². The number of rotatable bonds is 9. The van der Waals surface area contributed by atoms with Crippen LogP contribution in [-0.2, 0) is 0 Å². The van der Waals surface area contributed by atoms with E-state index < -0.39 is 0 Å². The van der Waals surface area contributed by atoms with E-state index in [1.165, 1.54) is 77.0 Å². The Balaban J connectivity index is 2.21. The normalized spacial score (nSPS) is 17.9. The standard InChI is InChI=1S/C18H32/c1-3-5-6-7-8-10-14-17(13-4-2)18-15-11-9-12-16-18/h4,13,18H,2-3,5-12,14-16H2,1H3/b17-13-. The minimum Gasteiger partial charge on any atom is -0.0991 e. The average molecular weight is 248 g/mol. The first-order valence-electron chi connectivity index (χ1n) is 8.20. The van der Waals surface area contributed by atoms with Crippen molar-refractivity contribution in [3.8, 4) is 0 Å². The van der Waals surface area contributed by atoms with Crippen LogP contribution in [0.5, 0.6) is 0 Å². The highest BCUT2D eigenvalue weighted by atomic mass is 14.2. The van der Waals surface area contributed by atoms with Gasteiger partial charge in [0.05, 0.1) is 0 Å². The van der Waals surface area contributed by atoms with Crippen LogP contribution in [0.3, 0.4) is 0 Å². The maximum Gasteiger partial charge on any atom is -0.0200 e. The highest BCUT2D eigenvalue weighted by Gasteiger charge is 2.16. The summed E-state index contributed by atoms with van der Waals surface area (Å²) in [6.07, 6.45) is 21.3. The molecule has 0 unspecified atom stereocenters. The lowest BCUT2D eigenvalue weighted by Crippen LogP contribution is -2.09. The molecule has 0 N–H and O–H groups in total. The van der Waals surface area contributed by atoms with Crippen molar-refractivity contribution >= 4 is 0 Å². The van der Waals surface area contributed by atoms with Gasteiger partial charge in [0, 0.05) is 0 Å². The third-order valence-corrected chi connectivity index (χ3v) is 4.28. The molecule has 1 fully saturated rings. The Morgan fingerprint density at radius 3 is 2.33 bits per heavy atom. The van der Waals surface area contributed by atoms with E-state index in [9.17, 15) is 0 Å². The molecule has 0 spiro atoms. The summed E-state index contributed by atoms with van der Waals surface area (Å²) < 4.78 is 0. The predicted octanol–water partition coefficient (Wildman–Crippen LogP) is 6.43. The van der Waals surface area contributed by atoms with Crippen molar-refractivity contribution in [2.45, 2.75) is 84.0 Å². The number of hydrogen-bond donors (Lipinski definition) is 0. The van der Waals surface area contributed by atoms with Crippen molar-refractivity contribution in [1.82, 2.24) is 0 Å². The number of allylic oxidation sites excluding steroid dienone is 3. The Hall–Kier alpha value is -0.520. The molecule has 0 heteroatoms. The topological polar surface area (TPSA) is 0 Å². The quantitative estimate of drug-likeness (QED) is 0.326. The summed E-state index contributed by atoms with van der Waals surface area (Å²) in [7, 11) is 0. The second-order valence-electron chi connectivity index (χ2n) is 5.83. The zero-order valence-corrected chi connectivity index (χ0v) is 12.4. The van der Waals surface area contributed by atoms with Gasteiger partial charge in [0.25, 0.3) is 0 Å². The first kappa shape index (κ1) is 15.5. The fourth-order valence-corrected chi connectivity index (χ4v) is 3.16. The Morgan fingerprint density at radius 2 is 1.67 bits per heavy atom. The van der Waals surface area contributed by atoms with Gasteiger partial charge in [-0.15, -0.1) is 0 Å². The summed E-state index contributed by atoms with van der Waals surface area (Å²) >= 11 is 0. The number of unbranched alkanes of at least 4 members (excludes halogenated alkanes) is 5. The molecule has 0 aromatic heterocycles. The fraction of sp³-hybridized carbons (Fsp3) is 0.778. The Bertz CT molecular complexity index is 230. The van der Waals surface area contributed by atoms with Gasteiger partial charge in [-0.2, -0.15) is 0 Å². The highest BCUT2D eigenvalue weighted by molar-refractivity contribution is 5.14. The molecular formula is C18H32. The molecule has 104 valence electrons. The third kappa shape index (κ3) is 6.42. The van der Waals surface area contributed by atoms with Crippen molar-refractivity contribution in [3.63, 3.8) is 0 Å². The van der Waals surface area contributed by atoms with Crippen LogP contribution >= 0.6 is 0 Å². The van der Waals surface area contributed by atoms with Gasteiger partial charge in [-0.3, -0.25) is 0 Å². The van der Waals surface area contributed by atoms with Crippen LogP contribution in [0, 0.1) is 5.92 Å². The monoisotopic (exact) mass is 248 g/mol. The molecule has 0 aromatic carbocycles. The summed E-state index contributed by atoms with van der Waals surface area (Å²) in [5, 5.41) is 0. The van der Waals surface area contributed by atoms with Crippen molar-refractivity contribution in [1.29, 1.82) is 0 Å². The van der Waals surface area contributed by atoms with Crippen molar-refractivity contribution in [2.24, 2.45) is 5.92 Å². The van der Waals surface area contributed by atoms with E-state index in [1.54, 1.807) is 5.57 Å². The Morgan fingerprint density at radius 1 is 1.00 bits per heavy atom. The van der Waals surface area contributed by atoms with E-state index in [0.717, 1.165) is 5.92 Å². The second kappa shape index (κ2) is 10.4. The summed E-state index contributed by atoms with van der Waals surface area (Å²) in [5.41, 5.74) is 1.69. The van der Waals surface area contributed by atoms with Gasteiger partial charge in [-0.05, 0) is 31.6 Å². The molecule has 0 radical (unpaired) electrons. The Labute approximate surface area is 115 Å². The van der Waals surface area contributed by atoms with Gasteiger partial charge in [-0.1, -0.05) is 82.6 Å². The SMILES string of the molecule is C=C/C=C(/CCCCCCCC)C1CCCCC1. The van der Waals surface area contributed by atoms with Crippen LogP contribution in [0.2, 0.25) is 0 Å². The van der Waals surface area contributed by atoms with Crippen LogP contribution in [0.4, 0.5) is 0 Å². The molecule has 0 amide bonds. The lowest BCUT2D eigenvalue weighted by molar-refractivity contribution is 0.392. The van der Waals surface area contributed by atoms with E-state index >= 15 is 0 Å². The molecule has 0 aromatic rings. The molecule has 0 nitrogen and oxygen atoms in total. The lowest BCUT2D eigenvalue weighted by Gasteiger charge is -2.24. The molecule has 1 aliphatic rings. The maximum atomic E-state index is 3.89. The first-order chi connectivity index (χ1) is 8.88. The molecule has 1 saturated carbocycles. The lowest BCUT2D eigenvalue weighted by atomic mass is 9.81. The van der Waals surface area contributed by atoms with Gasteiger partial charge in [0.15, 0.2) is 0 Å². The number of hydrogen-bond acceptors (Lipinski definition) is 0. The first-order valence-corrected chi connectivity index (χ1v) is 8.20. The molecule has 0 saturated heterocycles. The largest absolute Gasteiger partial charge is 0.0991 e. The average Bonchev–Trinajstić information content (AvgIpc) is 2.42. The minimum absolute atomic E-state index is 0.882. The highest BCUT2D eigenvalue weighted by Crippen LogP contribution is 2.32. The maximum absolute atomic E-state index is 3.89. The molecule has 18 heavy (non-hydrogen) atoms. The van der Waals surface area contributed by atoms with Gasteiger partial charge in [0.2, 0.25) is 0 Å². The van der Waals surface area contributed by atoms with Crippen molar-refractivity contribution in [2.75, 3.05) is 0 Å². The zero-order valence-electron chi connectivity index (χ0n) is 12.4. The predicted molar refractivity (Wildman–Crippen MR) is 82.8 cm³/mol. The minimum atomic E-state index is 0.882. The Kier molecular flexibility index (Phi) is 8.98. The van der Waals surface area contributed by atoms with Crippen LogP contribution in [0.15, 0.2) is 24.3 Å². The molecule has 0 bridgehead atoms. The van der Waals surface area contributed by atoms with Crippen molar-refractivity contribution in [3.05, 3.63) is 24.3 Å². The molecule has 0 atom stereocenters. The van der Waals surface area contributed by atoms with Gasteiger partial charge in [-0.25, -0.2) is 0 Å². The molecule has 0 aliphatic heterocycles. The molecule has 1 rings (SSSR count). The van der Waals surface area contributed by atoms with E-state index in [1.807, 2.05) is 6.08 Å². The molecule has 0 heterocycles. The smallest absolute Gasteiger partial charge is 0.0200 e. The van der Waals surface area contributed by atoms with Crippen LogP contribution in [0.25, 0.3) is 0 Å². The molecule has 1 aliphatic carbocycles. The summed E-state index contributed by atoms with van der Waals surface area (Å²) in [6.45, 7) is 6.17. The van der Waals surface area contributed by atoms with Crippen molar-refractivity contribution < 1.29 is 0 Å². The molecular weight excluding hydrogens is 216 g/mol. The fourth-order valence-electron chi connectivity index (χ4n) is 3.16. The van der Waals surface area contributed by atoms with E-state index in [0.29, 0.717) is 0 Å². The van der Waals surface area contributed by atoms with E-state index in [4.69, 9.17) is 0 Å². The summed E-state index contributed by atoms with van der Waals surface area (Å²) in [6, 6.07) is 0. The van der Waals surface area contributed by atoms with Crippen LogP contribution < -0.4 is 0 Å². The zero-order chi connectivity index (χ0) is 13.1. The second-order valence-corrected chi connectivity index (χ2v) is 5.83. The van der Waals surface area contributed by atoms with Gasteiger partial charge < -0.3 is 0 Å². The van der Waals surface area contributed by atoms with Crippen LogP contribution in [0.1, 0.15) is 84.0 Å². The summed E-state index contributed by atoms with van der Waals surface area (Å²) in [5.74, 6) is 0.882. The van der Waals surface area contributed by atoms with Gasteiger partial charge >= 0.3 is 0 Å².